The van der Waals surface area contributed by atoms with E-state index in [1.54, 1.807) is 18.2 Å². The van der Waals surface area contributed by atoms with E-state index in [2.05, 4.69) is 21.9 Å². The highest BCUT2D eigenvalue weighted by molar-refractivity contribution is 5.99. The van der Waals surface area contributed by atoms with Crippen LogP contribution in [0.15, 0.2) is 43.1 Å². The zero-order valence-corrected chi connectivity index (χ0v) is 11.1. The molecule has 102 valence electrons. The summed E-state index contributed by atoms with van der Waals surface area (Å²) in [7, 11) is 0. The van der Waals surface area contributed by atoms with Crippen molar-refractivity contribution in [3.8, 4) is 11.3 Å². The van der Waals surface area contributed by atoms with Gasteiger partial charge in [-0.1, -0.05) is 25.6 Å². The summed E-state index contributed by atoms with van der Waals surface area (Å²) >= 11 is 0. The van der Waals surface area contributed by atoms with Crippen molar-refractivity contribution in [2.75, 3.05) is 5.32 Å². The third-order valence-electron chi connectivity index (χ3n) is 2.80. The van der Waals surface area contributed by atoms with Crippen LogP contribution in [0, 0.1) is 6.08 Å². The second-order valence-corrected chi connectivity index (χ2v) is 4.14. The van der Waals surface area contributed by atoms with Crippen molar-refractivity contribution >= 4 is 11.6 Å². The van der Waals surface area contributed by atoms with Gasteiger partial charge >= 0.3 is 6.08 Å². The Morgan fingerprint density at radius 1 is 1.50 bits per heavy atom. The third kappa shape index (κ3) is 3.06. The summed E-state index contributed by atoms with van der Waals surface area (Å²) in [4.78, 5) is 18.7. The molecule has 20 heavy (non-hydrogen) atoms. The van der Waals surface area contributed by atoms with Crippen LogP contribution in [0.3, 0.4) is 0 Å². The van der Waals surface area contributed by atoms with Gasteiger partial charge in [0.25, 0.3) is 0 Å². The number of amides is 1. The second-order valence-electron chi connectivity index (χ2n) is 4.14. The number of rotatable bonds is 4. The van der Waals surface area contributed by atoms with Crippen LogP contribution in [0.1, 0.15) is 12.5 Å². The first-order valence-corrected chi connectivity index (χ1v) is 6.19. The Kier molecular flexibility index (Phi) is 4.20. The minimum absolute atomic E-state index is 0.299. The minimum atomic E-state index is -0.766. The van der Waals surface area contributed by atoms with E-state index in [4.69, 9.17) is 0 Å². The van der Waals surface area contributed by atoms with Crippen LogP contribution in [0.2, 0.25) is 0 Å². The predicted octanol–water partition coefficient (Wildman–Crippen LogP) is 2.97. The number of benzene rings is 1. The van der Waals surface area contributed by atoms with Gasteiger partial charge in [-0.15, -0.1) is 0 Å². The van der Waals surface area contributed by atoms with Gasteiger partial charge in [0.15, 0.2) is 0 Å². The fourth-order valence-corrected chi connectivity index (χ4v) is 1.83. The van der Waals surface area contributed by atoms with Crippen molar-refractivity contribution in [1.82, 2.24) is 9.97 Å². The number of halogens is 1. The largest absolute Gasteiger partial charge is 0.323 e. The zero-order valence-electron chi connectivity index (χ0n) is 11.1. The van der Waals surface area contributed by atoms with E-state index in [1.165, 1.54) is 12.3 Å². The van der Waals surface area contributed by atoms with Crippen LogP contribution in [-0.2, 0) is 11.2 Å². The van der Waals surface area contributed by atoms with Gasteiger partial charge < -0.3 is 5.32 Å². The molecule has 0 atom stereocenters. The van der Waals surface area contributed by atoms with E-state index in [-0.39, 0.29) is 5.91 Å². The first kappa shape index (κ1) is 13.9. The molecular weight excluding hydrogens is 257 g/mol. The Labute approximate surface area is 116 Å². The molecule has 0 spiro atoms. The number of nitrogens with zero attached hydrogens (tertiary/aromatic N) is 2. The Hall–Kier alpha value is -2.56. The molecule has 0 radical (unpaired) electrons. The molecule has 0 saturated heterocycles. The molecule has 0 aliphatic carbocycles. The molecule has 2 aromatic rings. The van der Waals surface area contributed by atoms with Crippen LogP contribution in [0.5, 0.6) is 0 Å². The molecule has 5 heteroatoms. The quantitative estimate of drug-likeness (QED) is 0.687. The van der Waals surface area contributed by atoms with E-state index < -0.39 is 6.08 Å². The molecular formula is C15H14FN3O. The number of carbonyl (C=O) groups excluding carboxylic acids is 1. The minimum Gasteiger partial charge on any atom is -0.323 e. The molecule has 1 aromatic heterocycles. The summed E-state index contributed by atoms with van der Waals surface area (Å²) in [5.74, 6) is -0.299. The number of nitrogens with one attached hydrogen (secondary N) is 1. The zero-order chi connectivity index (χ0) is 14.5. The standard InChI is InChI=1S/C15H14FN3O/c1-3-10-9-17-15(16)19-14(10)11-6-5-7-12(8-11)18-13(20)4-2/h4-9H,2-3H2,1H3,(H,18,20). The van der Waals surface area contributed by atoms with Gasteiger partial charge in [-0.2, -0.15) is 4.39 Å². The monoisotopic (exact) mass is 271 g/mol. The lowest BCUT2D eigenvalue weighted by molar-refractivity contribution is -0.111. The van der Waals surface area contributed by atoms with Crippen molar-refractivity contribution in [2.45, 2.75) is 13.3 Å². The number of aromatic nitrogens is 2. The molecule has 0 unspecified atom stereocenters. The molecule has 0 saturated carbocycles. The van der Waals surface area contributed by atoms with Gasteiger partial charge in [-0.3, -0.25) is 4.79 Å². The van der Waals surface area contributed by atoms with Gasteiger partial charge in [-0.05, 0) is 30.2 Å². The third-order valence-corrected chi connectivity index (χ3v) is 2.80. The Bertz CT molecular complexity index is 655. The summed E-state index contributed by atoms with van der Waals surface area (Å²) in [6.07, 6.45) is 2.60. The lowest BCUT2D eigenvalue weighted by Crippen LogP contribution is -2.07. The number of carbonyl (C=O) groups is 1. The van der Waals surface area contributed by atoms with Gasteiger partial charge in [0, 0.05) is 17.4 Å². The second kappa shape index (κ2) is 6.06. The molecule has 2 rings (SSSR count). The fraction of sp³-hybridized carbons (Fsp3) is 0.133. The van der Waals surface area contributed by atoms with Crippen molar-refractivity contribution in [3.63, 3.8) is 0 Å². The maximum Gasteiger partial charge on any atom is 0.309 e. The van der Waals surface area contributed by atoms with Crippen LogP contribution in [0.4, 0.5) is 10.1 Å². The fourth-order valence-electron chi connectivity index (χ4n) is 1.83. The van der Waals surface area contributed by atoms with E-state index in [9.17, 15) is 9.18 Å². The molecule has 0 aliphatic rings. The molecule has 4 nitrogen and oxygen atoms in total. The number of hydrogen-bond acceptors (Lipinski definition) is 3. The summed E-state index contributed by atoms with van der Waals surface area (Å²) in [6.45, 7) is 5.34. The van der Waals surface area contributed by atoms with Crippen LogP contribution in [-0.4, -0.2) is 15.9 Å². The maximum absolute atomic E-state index is 13.2. The Morgan fingerprint density at radius 3 is 3.00 bits per heavy atom. The van der Waals surface area contributed by atoms with E-state index in [0.717, 1.165) is 11.1 Å². The van der Waals surface area contributed by atoms with E-state index >= 15 is 0 Å². The number of aryl methyl sites for hydroxylation is 1. The van der Waals surface area contributed by atoms with Crippen LogP contribution < -0.4 is 5.32 Å². The van der Waals surface area contributed by atoms with Crippen molar-refractivity contribution in [1.29, 1.82) is 0 Å². The maximum atomic E-state index is 13.2. The van der Waals surface area contributed by atoms with Crippen molar-refractivity contribution in [3.05, 3.63) is 54.8 Å². The molecule has 1 aromatic carbocycles. The molecule has 0 bridgehead atoms. The van der Waals surface area contributed by atoms with Crippen molar-refractivity contribution < 1.29 is 9.18 Å². The highest BCUT2D eigenvalue weighted by Crippen LogP contribution is 2.24. The summed E-state index contributed by atoms with van der Waals surface area (Å²) in [5, 5.41) is 2.66. The first-order chi connectivity index (χ1) is 9.63. The lowest BCUT2D eigenvalue weighted by Gasteiger charge is -2.08. The van der Waals surface area contributed by atoms with E-state index in [1.807, 2.05) is 13.0 Å². The molecule has 1 heterocycles. The first-order valence-electron chi connectivity index (χ1n) is 6.19. The number of anilines is 1. The molecule has 0 aliphatic heterocycles. The van der Waals surface area contributed by atoms with Gasteiger partial charge in [-0.25, -0.2) is 9.97 Å². The van der Waals surface area contributed by atoms with Gasteiger partial charge in [0.2, 0.25) is 5.91 Å². The van der Waals surface area contributed by atoms with E-state index in [0.29, 0.717) is 17.8 Å². The lowest BCUT2D eigenvalue weighted by atomic mass is 10.0. The van der Waals surface area contributed by atoms with Crippen LogP contribution >= 0.6 is 0 Å². The summed E-state index contributed by atoms with van der Waals surface area (Å²) in [6, 6.07) is 7.06. The topological polar surface area (TPSA) is 54.9 Å². The normalized spacial score (nSPS) is 10.1. The molecule has 1 N–H and O–H groups in total. The average molecular weight is 271 g/mol. The summed E-state index contributed by atoms with van der Waals surface area (Å²) < 4.78 is 13.2. The SMILES string of the molecule is C=CC(=O)Nc1cccc(-c2nc(F)ncc2CC)c1. The smallest absolute Gasteiger partial charge is 0.309 e. The highest BCUT2D eigenvalue weighted by Gasteiger charge is 2.09. The predicted molar refractivity (Wildman–Crippen MR) is 75.6 cm³/mol. The summed E-state index contributed by atoms with van der Waals surface area (Å²) in [5.41, 5.74) is 2.71. The van der Waals surface area contributed by atoms with Gasteiger partial charge in [0.05, 0.1) is 5.69 Å². The Balaban J connectivity index is 2.42. The highest BCUT2D eigenvalue weighted by atomic mass is 19.1. The van der Waals surface area contributed by atoms with Crippen LogP contribution in [0.25, 0.3) is 11.3 Å². The molecule has 0 fully saturated rings. The Morgan fingerprint density at radius 2 is 2.30 bits per heavy atom. The molecule has 1 amide bonds. The van der Waals surface area contributed by atoms with Gasteiger partial charge in [0.1, 0.15) is 0 Å². The average Bonchev–Trinajstić information content (AvgIpc) is 2.47. The van der Waals surface area contributed by atoms with Crippen molar-refractivity contribution in [2.24, 2.45) is 0 Å². The number of hydrogen-bond donors (Lipinski definition) is 1.